The van der Waals surface area contributed by atoms with E-state index in [4.69, 9.17) is 16.0 Å². The molecule has 8 heteroatoms. The third kappa shape index (κ3) is 4.46. The van der Waals surface area contributed by atoms with Crippen molar-refractivity contribution < 1.29 is 14.0 Å². The highest BCUT2D eigenvalue weighted by molar-refractivity contribution is 6.19. The van der Waals surface area contributed by atoms with Crippen LogP contribution < -0.4 is 10.6 Å². The van der Waals surface area contributed by atoms with Gasteiger partial charge in [-0.15, -0.1) is 16.7 Å². The molecule has 1 heterocycles. The predicted molar refractivity (Wildman–Crippen MR) is 98.1 cm³/mol. The van der Waals surface area contributed by atoms with E-state index in [-0.39, 0.29) is 24.2 Å². The van der Waals surface area contributed by atoms with Crippen molar-refractivity contribution in [2.75, 3.05) is 16.5 Å². The third-order valence-corrected chi connectivity index (χ3v) is 3.59. The summed E-state index contributed by atoms with van der Waals surface area (Å²) in [6.07, 6.45) is 0.197. The highest BCUT2D eigenvalue weighted by Gasteiger charge is 2.13. The highest BCUT2D eigenvalue weighted by atomic mass is 35.5. The Morgan fingerprint density at radius 2 is 1.81 bits per heavy atom. The van der Waals surface area contributed by atoms with Gasteiger partial charge in [-0.2, -0.15) is 0 Å². The third-order valence-electron chi connectivity index (χ3n) is 3.40. The summed E-state index contributed by atoms with van der Waals surface area (Å²) in [7, 11) is 0. The molecule has 0 atom stereocenters. The second kappa shape index (κ2) is 8.26. The minimum absolute atomic E-state index is 0.00886. The van der Waals surface area contributed by atoms with E-state index in [0.717, 1.165) is 5.56 Å². The van der Waals surface area contributed by atoms with Crippen LogP contribution in [0, 0.1) is 0 Å². The molecule has 0 spiro atoms. The van der Waals surface area contributed by atoms with Crippen molar-refractivity contribution in [3.05, 3.63) is 60.2 Å². The molecular formula is C18H15ClN4O3. The van der Waals surface area contributed by atoms with Crippen LogP contribution in [0.5, 0.6) is 0 Å². The first-order valence-corrected chi connectivity index (χ1v) is 8.35. The minimum atomic E-state index is -0.429. The molecule has 26 heavy (non-hydrogen) atoms. The van der Waals surface area contributed by atoms with Gasteiger partial charge in [-0.05, 0) is 30.3 Å². The fourth-order valence-corrected chi connectivity index (χ4v) is 2.36. The minimum Gasteiger partial charge on any atom is -0.403 e. The highest BCUT2D eigenvalue weighted by Crippen LogP contribution is 2.20. The largest absolute Gasteiger partial charge is 0.403 e. The summed E-state index contributed by atoms with van der Waals surface area (Å²) < 4.78 is 5.45. The van der Waals surface area contributed by atoms with Gasteiger partial charge in [0.1, 0.15) is 0 Å². The van der Waals surface area contributed by atoms with Gasteiger partial charge in [0, 0.05) is 29.1 Å². The summed E-state index contributed by atoms with van der Waals surface area (Å²) in [5, 5.41) is 12.9. The van der Waals surface area contributed by atoms with Gasteiger partial charge in [0.25, 0.3) is 5.91 Å². The Labute approximate surface area is 154 Å². The number of alkyl halides is 1. The molecule has 2 N–H and O–H groups in total. The van der Waals surface area contributed by atoms with Crippen LogP contribution in [0.15, 0.2) is 59.0 Å². The molecular weight excluding hydrogens is 356 g/mol. The quantitative estimate of drug-likeness (QED) is 0.646. The average Bonchev–Trinajstić information content (AvgIpc) is 3.11. The fourth-order valence-electron chi connectivity index (χ4n) is 2.19. The van der Waals surface area contributed by atoms with Crippen LogP contribution in [-0.2, 0) is 4.79 Å². The number of aromatic nitrogens is 2. The molecule has 0 aliphatic rings. The van der Waals surface area contributed by atoms with Gasteiger partial charge < -0.3 is 9.73 Å². The number of anilines is 2. The molecule has 0 saturated heterocycles. The lowest BCUT2D eigenvalue weighted by Gasteiger charge is -2.06. The lowest BCUT2D eigenvalue weighted by Crippen LogP contribution is -2.14. The molecule has 0 bridgehead atoms. The maximum absolute atomic E-state index is 12.4. The topological polar surface area (TPSA) is 97.1 Å². The first kappa shape index (κ1) is 17.6. The molecule has 0 unspecified atom stereocenters. The summed E-state index contributed by atoms with van der Waals surface area (Å²) in [5.41, 5.74) is 1.60. The number of rotatable bonds is 6. The van der Waals surface area contributed by atoms with Crippen molar-refractivity contribution in [2.45, 2.75) is 6.42 Å². The lowest BCUT2D eigenvalue weighted by atomic mass is 10.2. The maximum Gasteiger partial charge on any atom is 0.322 e. The molecule has 2 aromatic carbocycles. The van der Waals surface area contributed by atoms with E-state index in [0.29, 0.717) is 17.1 Å². The summed E-state index contributed by atoms with van der Waals surface area (Å²) in [6, 6.07) is 15.7. The molecule has 3 rings (SSSR count). The van der Waals surface area contributed by atoms with Crippen LogP contribution in [0.1, 0.15) is 16.8 Å². The predicted octanol–water partition coefficient (Wildman–Crippen LogP) is 3.56. The van der Waals surface area contributed by atoms with Crippen molar-refractivity contribution in [3.63, 3.8) is 0 Å². The summed E-state index contributed by atoms with van der Waals surface area (Å²) in [5.74, 6) is -0.112. The molecule has 0 aliphatic carbocycles. The Balaban J connectivity index is 1.69. The zero-order valence-corrected chi connectivity index (χ0v) is 14.4. The second-order valence-corrected chi connectivity index (χ2v) is 5.68. The van der Waals surface area contributed by atoms with Crippen molar-refractivity contribution in [3.8, 4) is 11.5 Å². The molecule has 0 saturated carbocycles. The van der Waals surface area contributed by atoms with E-state index in [1.54, 1.807) is 24.3 Å². The van der Waals surface area contributed by atoms with Crippen LogP contribution in [0.25, 0.3) is 11.5 Å². The number of hydrogen-bond donors (Lipinski definition) is 2. The van der Waals surface area contributed by atoms with Crippen molar-refractivity contribution in [2.24, 2.45) is 0 Å². The number of halogens is 1. The number of nitrogens with one attached hydrogen (secondary N) is 2. The van der Waals surface area contributed by atoms with Gasteiger partial charge in [-0.25, -0.2) is 0 Å². The van der Waals surface area contributed by atoms with Crippen molar-refractivity contribution in [1.29, 1.82) is 0 Å². The van der Waals surface area contributed by atoms with E-state index in [9.17, 15) is 9.59 Å². The number of benzene rings is 2. The van der Waals surface area contributed by atoms with E-state index >= 15 is 0 Å². The van der Waals surface area contributed by atoms with Gasteiger partial charge in [-0.3, -0.25) is 14.9 Å². The van der Waals surface area contributed by atoms with Crippen LogP contribution in [0.2, 0.25) is 0 Å². The zero-order chi connectivity index (χ0) is 18.4. The van der Waals surface area contributed by atoms with Gasteiger partial charge >= 0.3 is 6.01 Å². The van der Waals surface area contributed by atoms with E-state index < -0.39 is 5.91 Å². The molecule has 0 aliphatic heterocycles. The molecule has 3 aromatic rings. The second-order valence-electron chi connectivity index (χ2n) is 5.30. The van der Waals surface area contributed by atoms with E-state index in [1.165, 1.54) is 0 Å². The number of amides is 2. The number of hydrogen-bond acceptors (Lipinski definition) is 5. The summed E-state index contributed by atoms with van der Waals surface area (Å²) in [4.78, 5) is 23.9. The van der Waals surface area contributed by atoms with Crippen molar-refractivity contribution in [1.82, 2.24) is 10.2 Å². The Morgan fingerprint density at radius 1 is 1.00 bits per heavy atom. The number of nitrogens with zero attached hydrogens (tertiary/aromatic N) is 2. The lowest BCUT2D eigenvalue weighted by molar-refractivity contribution is -0.115. The smallest absolute Gasteiger partial charge is 0.322 e. The summed E-state index contributed by atoms with van der Waals surface area (Å²) >= 11 is 5.53. The number of carbonyl (C=O) groups excluding carboxylic acids is 2. The SMILES string of the molecule is O=C(CCCl)Nc1cccc(C(=O)Nc2nnc(-c3ccccc3)o2)c1. The standard InChI is InChI=1S/C18H15ClN4O3/c19-10-9-15(24)20-14-8-4-7-13(11-14)16(25)21-18-23-22-17(26-18)12-5-2-1-3-6-12/h1-8,11H,9-10H2,(H,20,24)(H,21,23,25). The van der Waals surface area contributed by atoms with Gasteiger partial charge in [0.15, 0.2) is 0 Å². The molecule has 0 fully saturated rings. The van der Waals surface area contributed by atoms with Crippen LogP contribution in [0.3, 0.4) is 0 Å². The van der Waals surface area contributed by atoms with E-state index in [1.807, 2.05) is 30.3 Å². The molecule has 7 nitrogen and oxygen atoms in total. The summed E-state index contributed by atoms with van der Waals surface area (Å²) in [6.45, 7) is 0. The fraction of sp³-hybridized carbons (Fsp3) is 0.111. The zero-order valence-electron chi connectivity index (χ0n) is 13.6. The first-order valence-electron chi connectivity index (χ1n) is 7.82. The normalized spacial score (nSPS) is 10.3. The molecule has 132 valence electrons. The monoisotopic (exact) mass is 370 g/mol. The van der Waals surface area contributed by atoms with E-state index in [2.05, 4.69) is 20.8 Å². The van der Waals surface area contributed by atoms with Gasteiger partial charge in [-0.1, -0.05) is 29.4 Å². The van der Waals surface area contributed by atoms with Crippen LogP contribution >= 0.6 is 11.6 Å². The average molecular weight is 371 g/mol. The Bertz CT molecular complexity index is 912. The Hall–Kier alpha value is -3.19. The van der Waals surface area contributed by atoms with Crippen molar-refractivity contribution >= 4 is 35.1 Å². The Morgan fingerprint density at radius 3 is 2.58 bits per heavy atom. The molecule has 2 amide bonds. The van der Waals surface area contributed by atoms with Crippen LogP contribution in [0.4, 0.5) is 11.7 Å². The first-order chi connectivity index (χ1) is 12.7. The molecule has 0 radical (unpaired) electrons. The van der Waals surface area contributed by atoms with Crippen LogP contribution in [-0.4, -0.2) is 27.9 Å². The molecule has 1 aromatic heterocycles. The van der Waals surface area contributed by atoms with Gasteiger partial charge in [0.2, 0.25) is 11.8 Å². The Kier molecular flexibility index (Phi) is 5.60. The van der Waals surface area contributed by atoms with Gasteiger partial charge in [0.05, 0.1) is 0 Å². The maximum atomic E-state index is 12.4. The number of carbonyl (C=O) groups is 2.